The Kier molecular flexibility index (Phi) is 6.96. The van der Waals surface area contributed by atoms with Crippen molar-refractivity contribution in [3.63, 3.8) is 0 Å². The van der Waals surface area contributed by atoms with Crippen molar-refractivity contribution in [3.8, 4) is 11.3 Å². The number of fused-ring (bicyclic) bond motifs is 1. The van der Waals surface area contributed by atoms with Gasteiger partial charge < -0.3 is 20.6 Å². The lowest BCUT2D eigenvalue weighted by Crippen LogP contribution is -2.28. The smallest absolute Gasteiger partial charge is 0.263 e. The number of rotatable bonds is 10. The number of hydrogen-bond donors (Lipinski definition) is 4. The third kappa shape index (κ3) is 5.23. The van der Waals surface area contributed by atoms with Crippen LogP contribution in [0.5, 0.6) is 0 Å². The second-order valence-electron chi connectivity index (χ2n) is 7.63. The number of nitrogens with zero attached hydrogens (tertiary/aromatic N) is 2. The van der Waals surface area contributed by atoms with Gasteiger partial charge >= 0.3 is 0 Å². The van der Waals surface area contributed by atoms with Gasteiger partial charge in [0.1, 0.15) is 10.7 Å². The first-order chi connectivity index (χ1) is 15.6. The molecule has 0 radical (unpaired) electrons. The van der Waals surface area contributed by atoms with Gasteiger partial charge in [-0.15, -0.1) is 11.3 Å². The number of imidazole rings is 1. The predicted octanol–water partition coefficient (Wildman–Crippen LogP) is 4.18. The second-order valence-corrected chi connectivity index (χ2v) is 8.51. The molecule has 1 atom stereocenters. The molecule has 0 aliphatic heterocycles. The fraction of sp³-hybridized carbons (Fsp3) is 0.304. The summed E-state index contributed by atoms with van der Waals surface area (Å²) in [7, 11) is 1.65. The SMILES string of the molecule is CNC(=O)CCCCC[C@H](NC(=O)c1cncs1)c1ncc(-c2ccc3cc[nH]c3c2)[nH]1. The Morgan fingerprint density at radius 2 is 2.06 bits per heavy atom. The average molecular weight is 451 g/mol. The number of aromatic amines is 2. The van der Waals surface area contributed by atoms with E-state index in [0.717, 1.165) is 53.7 Å². The summed E-state index contributed by atoms with van der Waals surface area (Å²) in [6, 6.07) is 7.98. The number of aromatic nitrogens is 4. The molecule has 0 saturated carbocycles. The molecule has 1 aromatic carbocycles. The fourth-order valence-corrected chi connectivity index (χ4v) is 4.17. The number of benzene rings is 1. The maximum atomic E-state index is 12.7. The Morgan fingerprint density at radius 1 is 1.16 bits per heavy atom. The summed E-state index contributed by atoms with van der Waals surface area (Å²) < 4.78 is 0. The number of nitrogens with one attached hydrogen (secondary N) is 4. The van der Waals surface area contributed by atoms with E-state index in [2.05, 4.69) is 48.8 Å². The largest absolute Gasteiger partial charge is 0.361 e. The molecule has 4 aromatic rings. The molecule has 3 heterocycles. The number of amides is 2. The van der Waals surface area contributed by atoms with Crippen LogP contribution in [0.15, 0.2) is 48.4 Å². The minimum Gasteiger partial charge on any atom is -0.361 e. The summed E-state index contributed by atoms with van der Waals surface area (Å²) in [5.41, 5.74) is 4.62. The number of unbranched alkanes of at least 4 members (excludes halogenated alkanes) is 2. The number of thiazole rings is 1. The number of hydrogen-bond acceptors (Lipinski definition) is 5. The average Bonchev–Trinajstić information content (AvgIpc) is 3.58. The van der Waals surface area contributed by atoms with Crippen molar-refractivity contribution in [1.29, 1.82) is 0 Å². The predicted molar refractivity (Wildman–Crippen MR) is 125 cm³/mol. The summed E-state index contributed by atoms with van der Waals surface area (Å²) in [4.78, 5) is 39.8. The van der Waals surface area contributed by atoms with Crippen molar-refractivity contribution in [2.24, 2.45) is 0 Å². The summed E-state index contributed by atoms with van der Waals surface area (Å²) in [6.45, 7) is 0. The van der Waals surface area contributed by atoms with Crippen LogP contribution in [0, 0.1) is 0 Å². The van der Waals surface area contributed by atoms with Crippen molar-refractivity contribution in [1.82, 2.24) is 30.6 Å². The topological polar surface area (TPSA) is 116 Å². The molecule has 0 bridgehead atoms. The first kappa shape index (κ1) is 21.8. The Labute approximate surface area is 189 Å². The molecular formula is C23H26N6O2S. The van der Waals surface area contributed by atoms with E-state index in [9.17, 15) is 9.59 Å². The van der Waals surface area contributed by atoms with Gasteiger partial charge in [0.05, 0.1) is 29.6 Å². The van der Waals surface area contributed by atoms with Crippen molar-refractivity contribution in [2.45, 2.75) is 38.1 Å². The lowest BCUT2D eigenvalue weighted by molar-refractivity contribution is -0.120. The molecule has 4 rings (SSSR count). The molecule has 0 fully saturated rings. The quantitative estimate of drug-likeness (QED) is 0.271. The lowest BCUT2D eigenvalue weighted by atomic mass is 10.1. The van der Waals surface area contributed by atoms with E-state index in [1.807, 2.05) is 12.3 Å². The number of carbonyl (C=O) groups excluding carboxylic acids is 2. The fourth-order valence-electron chi connectivity index (χ4n) is 3.65. The molecule has 2 amide bonds. The molecule has 0 spiro atoms. The third-order valence-corrected chi connectivity index (χ3v) is 6.20. The molecular weight excluding hydrogens is 424 g/mol. The monoisotopic (exact) mass is 450 g/mol. The molecule has 8 nitrogen and oxygen atoms in total. The molecule has 4 N–H and O–H groups in total. The van der Waals surface area contributed by atoms with Gasteiger partial charge in [0.2, 0.25) is 5.91 Å². The van der Waals surface area contributed by atoms with Crippen LogP contribution in [-0.4, -0.2) is 38.8 Å². The van der Waals surface area contributed by atoms with Crippen molar-refractivity contribution in [2.75, 3.05) is 7.05 Å². The molecule has 9 heteroatoms. The van der Waals surface area contributed by atoms with Gasteiger partial charge in [0.25, 0.3) is 5.91 Å². The van der Waals surface area contributed by atoms with Crippen LogP contribution in [-0.2, 0) is 4.79 Å². The first-order valence-corrected chi connectivity index (χ1v) is 11.5. The van der Waals surface area contributed by atoms with Gasteiger partial charge in [-0.05, 0) is 30.4 Å². The lowest BCUT2D eigenvalue weighted by Gasteiger charge is -2.16. The Balaban J connectivity index is 1.47. The number of carbonyl (C=O) groups is 2. The van der Waals surface area contributed by atoms with E-state index in [-0.39, 0.29) is 17.9 Å². The van der Waals surface area contributed by atoms with E-state index < -0.39 is 0 Å². The van der Waals surface area contributed by atoms with E-state index in [4.69, 9.17) is 0 Å². The van der Waals surface area contributed by atoms with Crippen LogP contribution >= 0.6 is 11.3 Å². The van der Waals surface area contributed by atoms with Gasteiger partial charge in [0, 0.05) is 30.7 Å². The highest BCUT2D eigenvalue weighted by molar-refractivity contribution is 7.11. The van der Waals surface area contributed by atoms with Crippen molar-refractivity contribution >= 4 is 34.1 Å². The first-order valence-electron chi connectivity index (χ1n) is 10.7. The van der Waals surface area contributed by atoms with Gasteiger partial charge in [0.15, 0.2) is 0 Å². The van der Waals surface area contributed by atoms with E-state index >= 15 is 0 Å². The molecule has 0 unspecified atom stereocenters. The third-order valence-electron chi connectivity index (χ3n) is 5.43. The van der Waals surface area contributed by atoms with Gasteiger partial charge in [-0.2, -0.15) is 0 Å². The molecule has 166 valence electrons. The van der Waals surface area contributed by atoms with Crippen LogP contribution in [0.1, 0.15) is 53.6 Å². The zero-order valence-electron chi connectivity index (χ0n) is 17.9. The highest BCUT2D eigenvalue weighted by atomic mass is 32.1. The molecule has 32 heavy (non-hydrogen) atoms. The molecule has 0 saturated heterocycles. The normalized spacial score (nSPS) is 12.0. The summed E-state index contributed by atoms with van der Waals surface area (Å²) in [5.74, 6) is 0.610. The summed E-state index contributed by atoms with van der Waals surface area (Å²) in [6.07, 6.45) is 9.11. The van der Waals surface area contributed by atoms with Crippen LogP contribution in [0.2, 0.25) is 0 Å². The molecule has 3 aromatic heterocycles. The molecule has 0 aliphatic carbocycles. The van der Waals surface area contributed by atoms with E-state index in [1.165, 1.54) is 11.3 Å². The summed E-state index contributed by atoms with van der Waals surface area (Å²) in [5, 5.41) is 6.88. The van der Waals surface area contributed by atoms with Crippen LogP contribution in [0.4, 0.5) is 0 Å². The highest BCUT2D eigenvalue weighted by Crippen LogP contribution is 2.25. The zero-order chi connectivity index (χ0) is 22.3. The van der Waals surface area contributed by atoms with Crippen molar-refractivity contribution in [3.05, 3.63) is 59.1 Å². The van der Waals surface area contributed by atoms with Gasteiger partial charge in [-0.1, -0.05) is 25.0 Å². The maximum absolute atomic E-state index is 12.7. The standard InChI is InChI=1S/C23H26N6O2S/c1-24-21(30)6-4-2-3-5-17(29-23(31)20-13-25-14-32-20)22-27-12-19(28-22)16-8-7-15-9-10-26-18(15)11-16/h7-14,17,26H,2-6H2,1H3,(H,24,30)(H,27,28)(H,29,31)/t17-/m0/s1. The number of H-pyrrole nitrogens is 2. The van der Waals surface area contributed by atoms with Gasteiger partial charge in [-0.3, -0.25) is 14.6 Å². The van der Waals surface area contributed by atoms with Crippen LogP contribution < -0.4 is 10.6 Å². The highest BCUT2D eigenvalue weighted by Gasteiger charge is 2.20. The maximum Gasteiger partial charge on any atom is 0.263 e. The summed E-state index contributed by atoms with van der Waals surface area (Å²) >= 11 is 1.31. The Hall–Kier alpha value is -3.46. The minimum absolute atomic E-state index is 0.0507. The van der Waals surface area contributed by atoms with Crippen LogP contribution in [0.3, 0.4) is 0 Å². The van der Waals surface area contributed by atoms with Crippen molar-refractivity contribution < 1.29 is 9.59 Å². The van der Waals surface area contributed by atoms with Gasteiger partial charge in [-0.25, -0.2) is 4.98 Å². The minimum atomic E-state index is -0.257. The van der Waals surface area contributed by atoms with E-state index in [1.54, 1.807) is 25.0 Å². The second kappa shape index (κ2) is 10.2. The zero-order valence-corrected chi connectivity index (χ0v) is 18.7. The van der Waals surface area contributed by atoms with E-state index in [0.29, 0.717) is 11.3 Å². The molecule has 0 aliphatic rings. The Bertz CT molecular complexity index is 1180. The Morgan fingerprint density at radius 3 is 2.88 bits per heavy atom. The van der Waals surface area contributed by atoms with Crippen LogP contribution in [0.25, 0.3) is 22.2 Å².